The number of carbonyl (C=O) groups excluding carboxylic acids is 3. The van der Waals surface area contributed by atoms with E-state index in [1.807, 2.05) is 0 Å². The lowest BCUT2D eigenvalue weighted by atomic mass is 10.1. The zero-order valence-electron chi connectivity index (χ0n) is 8.88. The Morgan fingerprint density at radius 2 is 1.47 bits per heavy atom. The molecule has 17 heavy (non-hydrogen) atoms. The van der Waals surface area contributed by atoms with Gasteiger partial charge in [-0.2, -0.15) is 15.0 Å². The molecule has 0 saturated carbocycles. The molecule has 0 aliphatic carbocycles. The van der Waals surface area contributed by atoms with Crippen molar-refractivity contribution >= 4 is 29.6 Å². The highest BCUT2D eigenvalue weighted by Gasteiger charge is 2.07. The van der Waals surface area contributed by atoms with Crippen LogP contribution in [0.3, 0.4) is 0 Å². The molecule has 0 aliphatic heterocycles. The molecule has 6 nitrogen and oxygen atoms in total. The van der Waals surface area contributed by atoms with Crippen molar-refractivity contribution in [3.05, 3.63) is 23.8 Å². The first-order valence-corrected chi connectivity index (χ1v) is 4.59. The minimum absolute atomic E-state index is 0.277. The van der Waals surface area contributed by atoms with Crippen molar-refractivity contribution in [2.45, 2.75) is 13.0 Å². The monoisotopic (exact) mass is 229 g/mol. The van der Waals surface area contributed by atoms with Crippen LogP contribution in [0.4, 0.5) is 11.4 Å². The molecule has 1 aromatic rings. The molecule has 0 N–H and O–H groups in total. The fraction of sp³-hybridized carbons (Fsp3) is 0.182. The summed E-state index contributed by atoms with van der Waals surface area (Å²) < 4.78 is 0. The number of rotatable bonds is 4. The molecule has 0 radical (unpaired) electrons. The van der Waals surface area contributed by atoms with Crippen molar-refractivity contribution < 1.29 is 14.4 Å². The Balaban J connectivity index is 3.34. The minimum Gasteiger partial charge on any atom is -0.211 e. The average Bonchev–Trinajstić information content (AvgIpc) is 2.30. The molecule has 1 unspecified atom stereocenters. The minimum atomic E-state index is -0.463. The highest BCUT2D eigenvalue weighted by molar-refractivity contribution is 5.60. The summed E-state index contributed by atoms with van der Waals surface area (Å²) in [6.45, 7) is 1.66. The molecular weight excluding hydrogens is 222 g/mol. The smallest absolute Gasteiger partial charge is 0.211 e. The third kappa shape index (κ3) is 3.45. The highest BCUT2D eigenvalue weighted by atomic mass is 16.1. The van der Waals surface area contributed by atoms with E-state index in [1.54, 1.807) is 19.1 Å². The lowest BCUT2D eigenvalue weighted by molar-refractivity contribution is 0.559. The molecule has 0 heterocycles. The van der Waals surface area contributed by atoms with Crippen LogP contribution in [0, 0.1) is 0 Å². The first kappa shape index (κ1) is 12.4. The summed E-state index contributed by atoms with van der Waals surface area (Å²) in [5.41, 5.74) is 1.14. The lowest BCUT2D eigenvalue weighted by Gasteiger charge is -2.05. The predicted octanol–water partition coefficient (Wildman–Crippen LogP) is 2.02. The van der Waals surface area contributed by atoms with Gasteiger partial charge in [-0.3, -0.25) is 0 Å². The van der Waals surface area contributed by atoms with E-state index in [2.05, 4.69) is 15.0 Å². The molecule has 0 amide bonds. The number of benzene rings is 1. The molecule has 1 atom stereocenters. The fourth-order valence-corrected chi connectivity index (χ4v) is 1.25. The Labute approximate surface area is 96.4 Å². The maximum absolute atomic E-state index is 10.2. The Morgan fingerprint density at radius 1 is 0.941 bits per heavy atom. The van der Waals surface area contributed by atoms with Gasteiger partial charge in [-0.05, 0) is 30.7 Å². The Kier molecular flexibility index (Phi) is 4.43. The van der Waals surface area contributed by atoms with Crippen molar-refractivity contribution in [3.8, 4) is 0 Å². The van der Waals surface area contributed by atoms with Crippen molar-refractivity contribution in [2.24, 2.45) is 15.0 Å². The van der Waals surface area contributed by atoms with Crippen LogP contribution in [0.5, 0.6) is 0 Å². The Hall–Kier alpha value is -2.64. The summed E-state index contributed by atoms with van der Waals surface area (Å²) in [7, 11) is 0. The third-order valence-corrected chi connectivity index (χ3v) is 2.00. The quantitative estimate of drug-likeness (QED) is 0.584. The molecule has 0 saturated heterocycles. The normalized spacial score (nSPS) is 10.4. The Morgan fingerprint density at radius 3 is 1.88 bits per heavy atom. The molecular formula is C11H7N3O3. The second-order valence-corrected chi connectivity index (χ2v) is 3.09. The van der Waals surface area contributed by atoms with Gasteiger partial charge in [-0.25, -0.2) is 14.4 Å². The molecule has 0 aliphatic rings. The van der Waals surface area contributed by atoms with Gasteiger partial charge >= 0.3 is 0 Å². The second-order valence-electron chi connectivity index (χ2n) is 3.09. The maximum Gasteiger partial charge on any atom is 0.240 e. The van der Waals surface area contributed by atoms with Crippen LogP contribution >= 0.6 is 0 Å². The van der Waals surface area contributed by atoms with Gasteiger partial charge in [-0.1, -0.05) is 0 Å². The van der Waals surface area contributed by atoms with Gasteiger partial charge in [0.2, 0.25) is 18.2 Å². The van der Waals surface area contributed by atoms with Crippen LogP contribution in [-0.2, 0) is 14.4 Å². The number of isocyanates is 3. The molecule has 0 aromatic heterocycles. The summed E-state index contributed by atoms with van der Waals surface area (Å²) in [5, 5.41) is 0. The largest absolute Gasteiger partial charge is 0.240 e. The van der Waals surface area contributed by atoms with E-state index < -0.39 is 6.04 Å². The van der Waals surface area contributed by atoms with Crippen LogP contribution in [0.15, 0.2) is 33.2 Å². The summed E-state index contributed by atoms with van der Waals surface area (Å²) >= 11 is 0. The number of aliphatic imine (C=N–C) groups is 3. The highest BCUT2D eigenvalue weighted by Crippen LogP contribution is 2.28. The van der Waals surface area contributed by atoms with E-state index in [1.165, 1.54) is 24.3 Å². The standard InChI is InChI=1S/C11H7N3O3/c1-8(12-5-15)9-2-10(13-6-16)4-11(3-9)14-7-17/h2-4,8H,1H3. The lowest BCUT2D eigenvalue weighted by Crippen LogP contribution is -1.88. The molecule has 84 valence electrons. The van der Waals surface area contributed by atoms with Gasteiger partial charge < -0.3 is 0 Å². The van der Waals surface area contributed by atoms with Crippen LogP contribution in [0.2, 0.25) is 0 Å². The van der Waals surface area contributed by atoms with E-state index in [4.69, 9.17) is 0 Å². The molecule has 1 aromatic carbocycles. The predicted molar refractivity (Wildman–Crippen MR) is 58.5 cm³/mol. The summed E-state index contributed by atoms with van der Waals surface area (Å²) in [5.74, 6) is 0. The first-order valence-electron chi connectivity index (χ1n) is 4.59. The van der Waals surface area contributed by atoms with Crippen LogP contribution in [0.25, 0.3) is 0 Å². The van der Waals surface area contributed by atoms with Gasteiger partial charge in [0.25, 0.3) is 0 Å². The SMILES string of the molecule is CC(N=C=O)c1cc(N=C=O)cc(N=C=O)c1. The molecule has 1 rings (SSSR count). The summed E-state index contributed by atoms with van der Waals surface area (Å²) in [4.78, 5) is 40.8. The van der Waals surface area contributed by atoms with E-state index in [0.29, 0.717) is 5.56 Å². The van der Waals surface area contributed by atoms with Crippen LogP contribution < -0.4 is 0 Å². The molecule has 0 spiro atoms. The van der Waals surface area contributed by atoms with Gasteiger partial charge in [0, 0.05) is 0 Å². The summed E-state index contributed by atoms with van der Waals surface area (Å²) in [6, 6.07) is 4.03. The zero-order valence-corrected chi connectivity index (χ0v) is 8.88. The van der Waals surface area contributed by atoms with Gasteiger partial charge in [0.1, 0.15) is 0 Å². The third-order valence-electron chi connectivity index (χ3n) is 2.00. The molecule has 6 heteroatoms. The van der Waals surface area contributed by atoms with Crippen molar-refractivity contribution in [3.63, 3.8) is 0 Å². The Bertz CT molecular complexity index is 527. The van der Waals surface area contributed by atoms with E-state index in [9.17, 15) is 14.4 Å². The summed E-state index contributed by atoms with van der Waals surface area (Å²) in [6.07, 6.45) is 4.18. The molecule has 0 fully saturated rings. The number of hydrogen-bond acceptors (Lipinski definition) is 6. The van der Waals surface area contributed by atoms with E-state index >= 15 is 0 Å². The van der Waals surface area contributed by atoms with Crippen molar-refractivity contribution in [1.29, 1.82) is 0 Å². The van der Waals surface area contributed by atoms with Crippen molar-refractivity contribution in [1.82, 2.24) is 0 Å². The maximum atomic E-state index is 10.2. The molecule has 0 bridgehead atoms. The first-order chi connectivity index (χ1) is 8.21. The van der Waals surface area contributed by atoms with Gasteiger partial charge in [0.15, 0.2) is 0 Å². The topological polar surface area (TPSA) is 88.3 Å². The fourth-order valence-electron chi connectivity index (χ4n) is 1.25. The van der Waals surface area contributed by atoms with Crippen LogP contribution in [0.1, 0.15) is 18.5 Å². The van der Waals surface area contributed by atoms with Crippen molar-refractivity contribution in [2.75, 3.05) is 0 Å². The van der Waals surface area contributed by atoms with E-state index in [0.717, 1.165) is 0 Å². The number of hydrogen-bond donors (Lipinski definition) is 0. The van der Waals surface area contributed by atoms with Crippen LogP contribution in [-0.4, -0.2) is 18.2 Å². The zero-order chi connectivity index (χ0) is 12.7. The average molecular weight is 229 g/mol. The number of nitrogens with zero attached hydrogens (tertiary/aromatic N) is 3. The van der Waals surface area contributed by atoms with E-state index in [-0.39, 0.29) is 11.4 Å². The second kappa shape index (κ2) is 6.05. The van der Waals surface area contributed by atoms with Gasteiger partial charge in [0.05, 0.1) is 17.4 Å². The van der Waals surface area contributed by atoms with Gasteiger partial charge in [-0.15, -0.1) is 0 Å².